The van der Waals surface area contributed by atoms with Crippen molar-refractivity contribution in [1.29, 1.82) is 0 Å². The van der Waals surface area contributed by atoms with Gasteiger partial charge in [0.2, 0.25) is 5.91 Å². The van der Waals surface area contributed by atoms with Crippen molar-refractivity contribution in [3.8, 4) is 5.69 Å². The van der Waals surface area contributed by atoms with Crippen LogP contribution < -0.4 is 10.6 Å². The number of rotatable bonds is 7. The minimum Gasteiger partial charge on any atom is -0.352 e. The molecule has 0 unspecified atom stereocenters. The number of aromatic nitrogens is 2. The zero-order chi connectivity index (χ0) is 25.1. The van der Waals surface area contributed by atoms with Crippen LogP contribution in [0, 0.1) is 6.92 Å². The number of hydrogen-bond donors (Lipinski definition) is 2. The minimum atomic E-state index is -0.153. The molecule has 0 aliphatic carbocycles. The molecule has 1 saturated heterocycles. The Balaban J connectivity index is 1.44. The van der Waals surface area contributed by atoms with E-state index in [1.54, 1.807) is 6.20 Å². The summed E-state index contributed by atoms with van der Waals surface area (Å²) in [4.78, 5) is 19.5. The van der Waals surface area contributed by atoms with Crippen molar-refractivity contribution in [3.05, 3.63) is 113 Å². The van der Waals surface area contributed by atoms with Gasteiger partial charge in [-0.3, -0.25) is 9.78 Å². The predicted molar refractivity (Wildman–Crippen MR) is 150 cm³/mol. The van der Waals surface area contributed by atoms with Crippen molar-refractivity contribution >= 4 is 44.9 Å². The lowest BCUT2D eigenvalue weighted by Gasteiger charge is -2.29. The topological polar surface area (TPSA) is 62.2 Å². The second kappa shape index (κ2) is 10.6. The standard InChI is InChI=1S/C28H26BrN5OS/c1-19-10-12-21(13-11-19)31-25(35)14-17-34-27(26(32-28(34)36)23-8-2-3-15-30-23)24-9-5-16-33(24)22-7-4-6-20(29)18-22/h2-13,15-16,18,26-27H,14,17H2,1H3,(H,31,35)(H,32,36)/t26-,27+/m1/s1. The second-order valence-corrected chi connectivity index (χ2v) is 10.1. The van der Waals surface area contributed by atoms with Gasteiger partial charge in [-0.2, -0.15) is 0 Å². The van der Waals surface area contributed by atoms with Gasteiger partial charge in [0.1, 0.15) is 0 Å². The summed E-state index contributed by atoms with van der Waals surface area (Å²) in [5, 5.41) is 7.07. The summed E-state index contributed by atoms with van der Waals surface area (Å²) in [7, 11) is 0. The quantitative estimate of drug-likeness (QED) is 0.274. The van der Waals surface area contributed by atoms with E-state index in [4.69, 9.17) is 12.2 Å². The van der Waals surface area contributed by atoms with Crippen LogP contribution in [0.3, 0.4) is 0 Å². The van der Waals surface area contributed by atoms with Crippen LogP contribution in [-0.2, 0) is 4.79 Å². The second-order valence-electron chi connectivity index (χ2n) is 8.77. The average Bonchev–Trinajstić information content (AvgIpc) is 3.49. The molecule has 4 aromatic rings. The summed E-state index contributed by atoms with van der Waals surface area (Å²) in [6.45, 7) is 2.50. The highest BCUT2D eigenvalue weighted by Gasteiger charge is 2.41. The fourth-order valence-electron chi connectivity index (χ4n) is 4.55. The number of benzene rings is 2. The van der Waals surface area contributed by atoms with Crippen LogP contribution in [0.5, 0.6) is 0 Å². The van der Waals surface area contributed by atoms with Gasteiger partial charge in [0.25, 0.3) is 0 Å². The van der Waals surface area contributed by atoms with Crippen LogP contribution in [0.2, 0.25) is 0 Å². The first-order valence-corrected chi connectivity index (χ1v) is 13.0. The molecule has 0 radical (unpaired) electrons. The lowest BCUT2D eigenvalue weighted by Crippen LogP contribution is -2.33. The number of halogens is 1. The minimum absolute atomic E-state index is 0.0518. The van der Waals surface area contributed by atoms with Crippen LogP contribution in [0.15, 0.2) is 95.7 Å². The molecule has 2 aromatic carbocycles. The number of nitrogens with one attached hydrogen (secondary N) is 2. The lowest BCUT2D eigenvalue weighted by atomic mass is 10.0. The van der Waals surface area contributed by atoms with E-state index in [0.29, 0.717) is 18.1 Å². The molecule has 1 aliphatic rings. The maximum Gasteiger partial charge on any atom is 0.226 e. The molecule has 2 aromatic heterocycles. The molecule has 0 saturated carbocycles. The summed E-state index contributed by atoms with van der Waals surface area (Å²) < 4.78 is 3.17. The highest BCUT2D eigenvalue weighted by atomic mass is 79.9. The predicted octanol–water partition coefficient (Wildman–Crippen LogP) is 5.94. The number of carbonyl (C=O) groups excluding carboxylic acids is 1. The van der Waals surface area contributed by atoms with Crippen LogP contribution in [-0.4, -0.2) is 32.0 Å². The SMILES string of the molecule is Cc1ccc(NC(=O)CCN2C(=S)N[C@H](c3ccccn3)[C@@H]2c2cccn2-c2cccc(Br)c2)cc1. The Morgan fingerprint density at radius 2 is 1.92 bits per heavy atom. The number of amides is 1. The molecule has 1 aliphatic heterocycles. The molecular formula is C28H26BrN5OS. The van der Waals surface area contributed by atoms with Crippen molar-refractivity contribution < 1.29 is 4.79 Å². The number of pyridine rings is 1. The van der Waals surface area contributed by atoms with Gasteiger partial charge >= 0.3 is 0 Å². The first kappa shape index (κ1) is 24.2. The number of anilines is 1. The molecule has 8 heteroatoms. The summed E-state index contributed by atoms with van der Waals surface area (Å²) in [6, 6.07) is 25.7. The molecule has 5 rings (SSSR count). The number of carbonyl (C=O) groups is 1. The van der Waals surface area contributed by atoms with Gasteiger partial charge in [-0.25, -0.2) is 0 Å². The summed E-state index contributed by atoms with van der Waals surface area (Å²) in [5.74, 6) is -0.0518. The van der Waals surface area contributed by atoms with Crippen molar-refractivity contribution in [2.75, 3.05) is 11.9 Å². The largest absolute Gasteiger partial charge is 0.352 e. The highest BCUT2D eigenvalue weighted by molar-refractivity contribution is 9.10. The molecule has 1 amide bonds. The number of nitrogens with zero attached hydrogens (tertiary/aromatic N) is 3. The zero-order valence-electron chi connectivity index (χ0n) is 19.8. The molecule has 0 bridgehead atoms. The third kappa shape index (κ3) is 5.20. The van der Waals surface area contributed by atoms with Gasteiger partial charge in [-0.15, -0.1) is 0 Å². The van der Waals surface area contributed by atoms with E-state index >= 15 is 0 Å². The van der Waals surface area contributed by atoms with E-state index < -0.39 is 0 Å². The van der Waals surface area contributed by atoms with Crippen LogP contribution >= 0.6 is 28.1 Å². The first-order chi connectivity index (χ1) is 17.5. The van der Waals surface area contributed by atoms with Gasteiger partial charge in [-0.1, -0.05) is 45.8 Å². The van der Waals surface area contributed by atoms with E-state index in [9.17, 15) is 4.79 Å². The van der Waals surface area contributed by atoms with Crippen molar-refractivity contribution in [2.24, 2.45) is 0 Å². The van der Waals surface area contributed by atoms with Crippen LogP contribution in [0.1, 0.15) is 35.5 Å². The number of thiocarbonyl (C=S) groups is 1. The van der Waals surface area contributed by atoms with Gasteiger partial charge < -0.3 is 20.1 Å². The fourth-order valence-corrected chi connectivity index (χ4v) is 5.27. The van der Waals surface area contributed by atoms with Crippen LogP contribution in [0.4, 0.5) is 5.69 Å². The van der Waals surface area contributed by atoms with Crippen molar-refractivity contribution in [1.82, 2.24) is 19.8 Å². The Kier molecular flexibility index (Phi) is 7.16. The molecule has 0 spiro atoms. The monoisotopic (exact) mass is 559 g/mol. The normalized spacial score (nSPS) is 17.2. The molecule has 6 nitrogen and oxygen atoms in total. The fraction of sp³-hybridized carbons (Fsp3) is 0.179. The van der Waals surface area contributed by atoms with Gasteiger partial charge in [0.15, 0.2) is 5.11 Å². The van der Waals surface area contributed by atoms with Gasteiger partial charge in [0, 0.05) is 46.9 Å². The third-order valence-corrected chi connectivity index (χ3v) is 7.13. The maximum absolute atomic E-state index is 12.8. The highest BCUT2D eigenvalue weighted by Crippen LogP contribution is 2.39. The van der Waals surface area contributed by atoms with E-state index in [-0.39, 0.29) is 18.0 Å². The molecule has 3 heterocycles. The summed E-state index contributed by atoms with van der Waals surface area (Å²) >= 11 is 9.37. The molecular weight excluding hydrogens is 534 g/mol. The Bertz CT molecular complexity index is 1370. The Labute approximate surface area is 224 Å². The molecule has 2 N–H and O–H groups in total. The number of aryl methyl sites for hydroxylation is 1. The van der Waals surface area contributed by atoms with Crippen molar-refractivity contribution in [3.63, 3.8) is 0 Å². The maximum atomic E-state index is 12.8. The van der Waals surface area contributed by atoms with E-state index in [2.05, 4.69) is 65.4 Å². The van der Waals surface area contributed by atoms with Gasteiger partial charge in [0.05, 0.1) is 17.8 Å². The van der Waals surface area contributed by atoms with E-state index in [1.807, 2.05) is 67.6 Å². The first-order valence-electron chi connectivity index (χ1n) is 11.8. The molecule has 36 heavy (non-hydrogen) atoms. The summed E-state index contributed by atoms with van der Waals surface area (Å²) in [6.07, 6.45) is 4.15. The Hall–Kier alpha value is -3.49. The zero-order valence-corrected chi connectivity index (χ0v) is 22.2. The molecule has 1 fully saturated rings. The third-order valence-electron chi connectivity index (χ3n) is 6.28. The van der Waals surface area contributed by atoms with Crippen molar-refractivity contribution in [2.45, 2.75) is 25.4 Å². The smallest absolute Gasteiger partial charge is 0.226 e. The number of hydrogen-bond acceptors (Lipinski definition) is 3. The molecule has 182 valence electrons. The Morgan fingerprint density at radius 1 is 1.08 bits per heavy atom. The average molecular weight is 561 g/mol. The van der Waals surface area contributed by atoms with Crippen LogP contribution in [0.25, 0.3) is 5.69 Å². The Morgan fingerprint density at radius 3 is 2.67 bits per heavy atom. The molecule has 2 atom stereocenters. The lowest BCUT2D eigenvalue weighted by molar-refractivity contribution is -0.116. The summed E-state index contributed by atoms with van der Waals surface area (Å²) in [5.41, 5.74) is 4.95. The van der Waals surface area contributed by atoms with Gasteiger partial charge in [-0.05, 0) is 73.7 Å². The van der Waals surface area contributed by atoms with E-state index in [1.165, 1.54) is 0 Å². The van der Waals surface area contributed by atoms with E-state index in [0.717, 1.165) is 32.8 Å².